The van der Waals surface area contributed by atoms with Crippen LogP contribution in [-0.2, 0) is 0 Å². The van der Waals surface area contributed by atoms with Crippen LogP contribution >= 0.6 is 0 Å². The van der Waals surface area contributed by atoms with E-state index < -0.39 is 5.79 Å². The van der Waals surface area contributed by atoms with E-state index in [4.69, 9.17) is 18.9 Å². The highest BCUT2D eigenvalue weighted by Gasteiger charge is 2.38. The maximum absolute atomic E-state index is 10.5. The predicted molar refractivity (Wildman–Crippen MR) is 83.3 cm³/mol. The first-order valence-electron chi connectivity index (χ1n) is 7.55. The maximum atomic E-state index is 10.5. The number of rotatable bonds is 2. The summed E-state index contributed by atoms with van der Waals surface area (Å²) in [5.41, 5.74) is 2.08. The Bertz CT molecular complexity index is 736. The van der Waals surface area contributed by atoms with Gasteiger partial charge in [0.15, 0.2) is 11.5 Å². The lowest BCUT2D eigenvalue weighted by Crippen LogP contribution is -2.38. The van der Waals surface area contributed by atoms with Gasteiger partial charge in [0.1, 0.15) is 11.5 Å². The lowest BCUT2D eigenvalue weighted by Gasteiger charge is -2.36. The highest BCUT2D eigenvalue weighted by Crippen LogP contribution is 2.48. The first-order chi connectivity index (χ1) is 11.1. The number of aliphatic hydroxyl groups is 1. The topological polar surface area (TPSA) is 57.2 Å². The molecule has 0 aliphatic carbocycles. The van der Waals surface area contributed by atoms with Crippen LogP contribution in [0.5, 0.6) is 23.0 Å². The summed E-state index contributed by atoms with van der Waals surface area (Å²) in [5.74, 6) is 1.58. The van der Waals surface area contributed by atoms with E-state index in [0.29, 0.717) is 23.7 Å². The third-order valence-electron chi connectivity index (χ3n) is 4.31. The van der Waals surface area contributed by atoms with Gasteiger partial charge in [-0.2, -0.15) is 0 Å². The molecule has 2 heterocycles. The van der Waals surface area contributed by atoms with E-state index in [1.54, 1.807) is 20.1 Å². The van der Waals surface area contributed by atoms with Crippen molar-refractivity contribution in [3.8, 4) is 23.0 Å². The molecule has 2 aromatic carbocycles. The van der Waals surface area contributed by atoms with Gasteiger partial charge in [-0.1, -0.05) is 12.1 Å². The molecule has 0 amide bonds. The Labute approximate surface area is 134 Å². The molecule has 23 heavy (non-hydrogen) atoms. The molecule has 2 atom stereocenters. The molecule has 5 nitrogen and oxygen atoms in total. The SMILES string of the molecule is COc1ccc([C@@H]2C[C@](C)(O)Oc3cc4c(cc32)OCO4)cc1. The van der Waals surface area contributed by atoms with Gasteiger partial charge in [0.25, 0.3) is 0 Å². The largest absolute Gasteiger partial charge is 0.497 e. The average molecular weight is 314 g/mol. The Morgan fingerprint density at radius 2 is 1.78 bits per heavy atom. The smallest absolute Gasteiger partial charge is 0.231 e. The summed E-state index contributed by atoms with van der Waals surface area (Å²) >= 11 is 0. The molecule has 2 aromatic rings. The van der Waals surface area contributed by atoms with Gasteiger partial charge in [0.2, 0.25) is 12.6 Å². The second kappa shape index (κ2) is 5.06. The number of benzene rings is 2. The standard InChI is InChI=1S/C18H18O5/c1-18(19)9-14(11-3-5-12(20-2)6-4-11)13-7-16-17(22-10-21-16)8-15(13)23-18/h3-8,14,19H,9-10H2,1-2H3/t14-,18+/m0/s1. The Kier molecular flexibility index (Phi) is 3.13. The Balaban J connectivity index is 1.80. The van der Waals surface area contributed by atoms with Crippen molar-refractivity contribution in [2.45, 2.75) is 25.0 Å². The zero-order valence-electron chi connectivity index (χ0n) is 13.0. The van der Waals surface area contributed by atoms with E-state index in [1.165, 1.54) is 0 Å². The minimum absolute atomic E-state index is 0.00848. The molecule has 0 saturated carbocycles. The van der Waals surface area contributed by atoms with Crippen molar-refractivity contribution in [3.05, 3.63) is 47.5 Å². The molecule has 0 fully saturated rings. The Morgan fingerprint density at radius 1 is 1.09 bits per heavy atom. The fourth-order valence-corrected chi connectivity index (χ4v) is 3.20. The van der Waals surface area contributed by atoms with Gasteiger partial charge in [0, 0.05) is 30.9 Å². The molecule has 120 valence electrons. The van der Waals surface area contributed by atoms with Gasteiger partial charge in [-0.15, -0.1) is 0 Å². The number of hydrogen-bond acceptors (Lipinski definition) is 5. The third-order valence-corrected chi connectivity index (χ3v) is 4.31. The van der Waals surface area contributed by atoms with Gasteiger partial charge in [-0.3, -0.25) is 0 Å². The van der Waals surface area contributed by atoms with Crippen molar-refractivity contribution in [2.75, 3.05) is 13.9 Å². The molecule has 0 aromatic heterocycles. The van der Waals surface area contributed by atoms with E-state index in [-0.39, 0.29) is 12.7 Å². The minimum Gasteiger partial charge on any atom is -0.497 e. The zero-order valence-corrected chi connectivity index (χ0v) is 13.0. The van der Waals surface area contributed by atoms with Crippen LogP contribution in [0.1, 0.15) is 30.4 Å². The molecule has 0 unspecified atom stereocenters. The Morgan fingerprint density at radius 3 is 2.48 bits per heavy atom. The molecule has 5 heteroatoms. The summed E-state index contributed by atoms with van der Waals surface area (Å²) in [6.45, 7) is 1.89. The number of fused-ring (bicyclic) bond motifs is 2. The van der Waals surface area contributed by atoms with Crippen molar-refractivity contribution in [2.24, 2.45) is 0 Å². The van der Waals surface area contributed by atoms with Crippen LogP contribution in [0.3, 0.4) is 0 Å². The van der Waals surface area contributed by atoms with Crippen molar-refractivity contribution >= 4 is 0 Å². The molecule has 0 bridgehead atoms. The van der Waals surface area contributed by atoms with Gasteiger partial charge in [-0.05, 0) is 23.8 Å². The molecule has 4 rings (SSSR count). The molecular weight excluding hydrogens is 296 g/mol. The van der Waals surface area contributed by atoms with Crippen LogP contribution in [0.15, 0.2) is 36.4 Å². The van der Waals surface area contributed by atoms with Crippen LogP contribution in [0, 0.1) is 0 Å². The van der Waals surface area contributed by atoms with Crippen LogP contribution < -0.4 is 18.9 Å². The van der Waals surface area contributed by atoms with E-state index in [1.807, 2.05) is 30.3 Å². The van der Waals surface area contributed by atoms with Gasteiger partial charge >= 0.3 is 0 Å². The molecular formula is C18H18O5. The fourth-order valence-electron chi connectivity index (χ4n) is 3.20. The average Bonchev–Trinajstić information content (AvgIpc) is 2.99. The quantitative estimate of drug-likeness (QED) is 0.923. The summed E-state index contributed by atoms with van der Waals surface area (Å²) in [7, 11) is 1.64. The summed E-state index contributed by atoms with van der Waals surface area (Å²) < 4.78 is 21.8. The molecule has 2 aliphatic rings. The van der Waals surface area contributed by atoms with Crippen molar-refractivity contribution in [1.82, 2.24) is 0 Å². The van der Waals surface area contributed by atoms with Crippen LogP contribution in [-0.4, -0.2) is 24.8 Å². The van der Waals surface area contributed by atoms with Gasteiger partial charge in [-0.25, -0.2) is 0 Å². The summed E-state index contributed by atoms with van der Waals surface area (Å²) in [6, 6.07) is 11.6. The lowest BCUT2D eigenvalue weighted by molar-refractivity contribution is -0.137. The van der Waals surface area contributed by atoms with E-state index in [0.717, 1.165) is 16.9 Å². The van der Waals surface area contributed by atoms with E-state index in [2.05, 4.69) is 0 Å². The molecule has 0 saturated heterocycles. The summed E-state index contributed by atoms with van der Waals surface area (Å²) in [5, 5.41) is 10.5. The fraction of sp³-hybridized carbons (Fsp3) is 0.333. The molecule has 1 N–H and O–H groups in total. The number of ether oxygens (including phenoxy) is 4. The highest BCUT2D eigenvalue weighted by molar-refractivity contribution is 5.56. The summed E-state index contributed by atoms with van der Waals surface area (Å²) in [4.78, 5) is 0. The van der Waals surface area contributed by atoms with Crippen molar-refractivity contribution in [3.63, 3.8) is 0 Å². The van der Waals surface area contributed by atoms with Gasteiger partial charge < -0.3 is 24.1 Å². The van der Waals surface area contributed by atoms with Crippen molar-refractivity contribution in [1.29, 1.82) is 0 Å². The van der Waals surface area contributed by atoms with Crippen LogP contribution in [0.25, 0.3) is 0 Å². The maximum Gasteiger partial charge on any atom is 0.231 e. The Hall–Kier alpha value is -2.40. The number of methoxy groups -OCH3 is 1. The third kappa shape index (κ3) is 2.47. The van der Waals surface area contributed by atoms with Crippen molar-refractivity contribution < 1.29 is 24.1 Å². The lowest BCUT2D eigenvalue weighted by atomic mass is 9.83. The van der Waals surface area contributed by atoms with Crippen LogP contribution in [0.4, 0.5) is 0 Å². The normalized spacial score (nSPS) is 24.7. The second-order valence-corrected chi connectivity index (χ2v) is 6.05. The minimum atomic E-state index is -1.23. The molecule has 0 radical (unpaired) electrons. The van der Waals surface area contributed by atoms with Gasteiger partial charge in [0.05, 0.1) is 7.11 Å². The van der Waals surface area contributed by atoms with E-state index in [9.17, 15) is 5.11 Å². The highest BCUT2D eigenvalue weighted by atomic mass is 16.7. The first kappa shape index (κ1) is 14.2. The second-order valence-electron chi connectivity index (χ2n) is 6.05. The first-order valence-corrected chi connectivity index (χ1v) is 7.55. The molecule has 2 aliphatic heterocycles. The molecule has 0 spiro atoms. The number of hydrogen-bond donors (Lipinski definition) is 1. The zero-order chi connectivity index (χ0) is 16.0. The van der Waals surface area contributed by atoms with Crippen LogP contribution in [0.2, 0.25) is 0 Å². The monoisotopic (exact) mass is 314 g/mol. The van der Waals surface area contributed by atoms with E-state index >= 15 is 0 Å². The summed E-state index contributed by atoms with van der Waals surface area (Å²) in [6.07, 6.45) is 0.464. The predicted octanol–water partition coefficient (Wildman–Crippen LogP) is 3.05.